The van der Waals surface area contributed by atoms with Gasteiger partial charge in [0.2, 0.25) is 5.95 Å². The minimum Gasteiger partial charge on any atom is -0.369 e. The van der Waals surface area contributed by atoms with Gasteiger partial charge in [-0.15, -0.1) is 11.3 Å². The van der Waals surface area contributed by atoms with Crippen molar-refractivity contribution in [3.8, 4) is 0 Å². The first-order valence-corrected chi connectivity index (χ1v) is 7.11. The molecule has 0 saturated heterocycles. The highest BCUT2D eigenvalue weighted by atomic mass is 32.1. The van der Waals surface area contributed by atoms with Gasteiger partial charge in [0.1, 0.15) is 10.6 Å². The summed E-state index contributed by atoms with van der Waals surface area (Å²) in [6.07, 6.45) is 3.30. The molecule has 18 heavy (non-hydrogen) atoms. The number of hydrazine groups is 1. The Kier molecular flexibility index (Phi) is 4.33. The van der Waals surface area contributed by atoms with Gasteiger partial charge in [-0.1, -0.05) is 20.3 Å². The SMILES string of the molecule is CCCCNc1nc(NN)nc2sc(CC)cc12. The summed E-state index contributed by atoms with van der Waals surface area (Å²) >= 11 is 1.69. The van der Waals surface area contributed by atoms with Gasteiger partial charge >= 0.3 is 0 Å². The van der Waals surface area contributed by atoms with Gasteiger partial charge in [-0.2, -0.15) is 4.98 Å². The van der Waals surface area contributed by atoms with Crippen LogP contribution in [0, 0.1) is 0 Å². The summed E-state index contributed by atoms with van der Waals surface area (Å²) in [5.41, 5.74) is 2.52. The van der Waals surface area contributed by atoms with Crippen molar-refractivity contribution in [1.29, 1.82) is 0 Å². The van der Waals surface area contributed by atoms with Crippen LogP contribution in [0.15, 0.2) is 6.07 Å². The number of nitrogen functional groups attached to an aromatic ring is 1. The summed E-state index contributed by atoms with van der Waals surface area (Å²) in [7, 11) is 0. The second-order valence-electron chi connectivity index (χ2n) is 4.11. The second-order valence-corrected chi connectivity index (χ2v) is 5.22. The molecule has 4 N–H and O–H groups in total. The largest absolute Gasteiger partial charge is 0.369 e. The van der Waals surface area contributed by atoms with E-state index in [0.717, 1.165) is 41.8 Å². The molecule has 0 atom stereocenters. The van der Waals surface area contributed by atoms with Gasteiger partial charge in [-0.3, -0.25) is 5.43 Å². The van der Waals surface area contributed by atoms with Crippen molar-refractivity contribution in [2.75, 3.05) is 17.3 Å². The highest BCUT2D eigenvalue weighted by Crippen LogP contribution is 2.30. The maximum Gasteiger partial charge on any atom is 0.240 e. The number of hydrogen-bond acceptors (Lipinski definition) is 6. The topological polar surface area (TPSA) is 75.9 Å². The first kappa shape index (κ1) is 13.0. The van der Waals surface area contributed by atoms with Crippen LogP contribution in [-0.4, -0.2) is 16.5 Å². The van der Waals surface area contributed by atoms with Crippen LogP contribution in [0.2, 0.25) is 0 Å². The number of anilines is 2. The predicted molar refractivity (Wildman–Crippen MR) is 78.0 cm³/mol. The van der Waals surface area contributed by atoms with Crippen LogP contribution >= 0.6 is 11.3 Å². The van der Waals surface area contributed by atoms with Gasteiger partial charge in [0.25, 0.3) is 0 Å². The summed E-state index contributed by atoms with van der Waals surface area (Å²) in [6.45, 7) is 5.23. The lowest BCUT2D eigenvalue weighted by Gasteiger charge is -2.07. The van der Waals surface area contributed by atoms with E-state index in [1.807, 2.05) is 0 Å². The summed E-state index contributed by atoms with van der Waals surface area (Å²) < 4.78 is 0. The lowest BCUT2D eigenvalue weighted by molar-refractivity contribution is 0.831. The van der Waals surface area contributed by atoms with Crippen molar-refractivity contribution in [3.63, 3.8) is 0 Å². The monoisotopic (exact) mass is 265 g/mol. The molecule has 0 aromatic carbocycles. The van der Waals surface area contributed by atoms with Crippen molar-refractivity contribution < 1.29 is 0 Å². The summed E-state index contributed by atoms with van der Waals surface area (Å²) in [5, 5.41) is 4.45. The van der Waals surface area contributed by atoms with E-state index in [9.17, 15) is 0 Å². The average molecular weight is 265 g/mol. The molecule has 0 radical (unpaired) electrons. The molecule has 0 aliphatic rings. The van der Waals surface area contributed by atoms with Gasteiger partial charge < -0.3 is 5.32 Å². The second kappa shape index (κ2) is 5.97. The number of rotatable bonds is 6. The lowest BCUT2D eigenvalue weighted by atomic mass is 10.3. The van der Waals surface area contributed by atoms with E-state index in [1.165, 1.54) is 4.88 Å². The minimum atomic E-state index is 0.464. The highest BCUT2D eigenvalue weighted by molar-refractivity contribution is 7.18. The summed E-state index contributed by atoms with van der Waals surface area (Å²) in [6, 6.07) is 2.16. The van der Waals surface area contributed by atoms with Gasteiger partial charge in [0, 0.05) is 11.4 Å². The fraction of sp³-hybridized carbons (Fsp3) is 0.500. The van der Waals surface area contributed by atoms with E-state index in [-0.39, 0.29) is 0 Å². The number of fused-ring (bicyclic) bond motifs is 1. The summed E-state index contributed by atoms with van der Waals surface area (Å²) in [5.74, 6) is 6.74. The van der Waals surface area contributed by atoms with Crippen molar-refractivity contribution in [2.45, 2.75) is 33.1 Å². The number of unbranched alkanes of at least 4 members (excludes halogenated alkanes) is 1. The van der Waals surface area contributed by atoms with Crippen LogP contribution in [0.4, 0.5) is 11.8 Å². The lowest BCUT2D eigenvalue weighted by Crippen LogP contribution is -2.12. The molecule has 0 fully saturated rings. The molecule has 5 nitrogen and oxygen atoms in total. The van der Waals surface area contributed by atoms with Gasteiger partial charge in [0.15, 0.2) is 0 Å². The molecule has 2 aromatic rings. The van der Waals surface area contributed by atoms with E-state index < -0.39 is 0 Å². The van der Waals surface area contributed by atoms with E-state index in [0.29, 0.717) is 5.95 Å². The highest BCUT2D eigenvalue weighted by Gasteiger charge is 2.10. The Morgan fingerprint density at radius 3 is 2.83 bits per heavy atom. The van der Waals surface area contributed by atoms with Crippen molar-refractivity contribution in [3.05, 3.63) is 10.9 Å². The molecule has 6 heteroatoms. The zero-order valence-electron chi connectivity index (χ0n) is 10.8. The first-order chi connectivity index (χ1) is 8.78. The van der Waals surface area contributed by atoms with Crippen molar-refractivity contribution >= 4 is 33.3 Å². The molecule has 0 aliphatic carbocycles. The molecule has 0 unspecified atom stereocenters. The number of aryl methyl sites for hydroxylation is 1. The van der Waals surface area contributed by atoms with E-state index in [4.69, 9.17) is 5.84 Å². The first-order valence-electron chi connectivity index (χ1n) is 6.29. The van der Waals surface area contributed by atoms with Crippen LogP contribution in [0.3, 0.4) is 0 Å². The zero-order chi connectivity index (χ0) is 13.0. The smallest absolute Gasteiger partial charge is 0.240 e. The summed E-state index contributed by atoms with van der Waals surface area (Å²) in [4.78, 5) is 11.1. The number of aromatic nitrogens is 2. The molecule has 2 heterocycles. The Labute approximate surface area is 111 Å². The van der Waals surface area contributed by atoms with E-state index in [2.05, 4.69) is 40.6 Å². The normalized spacial score (nSPS) is 10.8. The van der Waals surface area contributed by atoms with Gasteiger partial charge in [-0.25, -0.2) is 10.8 Å². The van der Waals surface area contributed by atoms with Crippen LogP contribution < -0.4 is 16.6 Å². The Balaban J connectivity index is 2.37. The third-order valence-corrected chi connectivity index (χ3v) is 3.92. The standard InChI is InChI=1S/C12H19N5S/c1-3-5-6-14-10-9-7-8(4-2)18-11(9)16-12(15-10)17-13/h7H,3-6,13H2,1-2H3,(H2,14,15,16,17). The Morgan fingerprint density at radius 2 is 2.17 bits per heavy atom. The van der Waals surface area contributed by atoms with Crippen LogP contribution in [0.1, 0.15) is 31.6 Å². The predicted octanol–water partition coefficient (Wildman–Crippen LogP) is 2.75. The number of hydrogen-bond donors (Lipinski definition) is 3. The van der Waals surface area contributed by atoms with Crippen LogP contribution in [-0.2, 0) is 6.42 Å². The molecule has 98 valence electrons. The maximum absolute atomic E-state index is 5.41. The molecule has 0 amide bonds. The Bertz CT molecular complexity index is 522. The number of nitrogens with one attached hydrogen (secondary N) is 2. The molecule has 2 aromatic heterocycles. The molecular formula is C12H19N5S. The molecule has 0 spiro atoms. The fourth-order valence-corrected chi connectivity index (χ4v) is 2.70. The van der Waals surface area contributed by atoms with Gasteiger partial charge in [-0.05, 0) is 18.9 Å². The third-order valence-electron chi connectivity index (χ3n) is 2.74. The maximum atomic E-state index is 5.41. The Hall–Kier alpha value is -1.40. The van der Waals surface area contributed by atoms with Crippen molar-refractivity contribution in [1.82, 2.24) is 9.97 Å². The fourth-order valence-electron chi connectivity index (χ4n) is 1.73. The van der Waals surface area contributed by atoms with E-state index >= 15 is 0 Å². The molecule has 2 rings (SSSR count). The van der Waals surface area contributed by atoms with Crippen LogP contribution in [0.25, 0.3) is 10.2 Å². The molecule has 0 saturated carbocycles. The van der Waals surface area contributed by atoms with Crippen molar-refractivity contribution in [2.24, 2.45) is 5.84 Å². The van der Waals surface area contributed by atoms with Gasteiger partial charge in [0.05, 0.1) is 5.39 Å². The van der Waals surface area contributed by atoms with Crippen LogP contribution in [0.5, 0.6) is 0 Å². The third kappa shape index (κ3) is 2.70. The van der Waals surface area contributed by atoms with E-state index in [1.54, 1.807) is 11.3 Å². The molecule has 0 aliphatic heterocycles. The zero-order valence-corrected chi connectivity index (χ0v) is 11.6. The number of nitrogens with two attached hydrogens (primary N) is 1. The Morgan fingerprint density at radius 1 is 1.33 bits per heavy atom. The number of thiophene rings is 1. The molecule has 0 bridgehead atoms. The minimum absolute atomic E-state index is 0.464. The quantitative estimate of drug-likeness (QED) is 0.425. The number of nitrogens with zero attached hydrogens (tertiary/aromatic N) is 2. The average Bonchev–Trinajstić information content (AvgIpc) is 2.81. The molecular weight excluding hydrogens is 246 g/mol.